The first-order valence-corrected chi connectivity index (χ1v) is 8.64. The van der Waals surface area contributed by atoms with Crippen molar-refractivity contribution in [2.24, 2.45) is 5.14 Å². The van der Waals surface area contributed by atoms with Crippen LogP contribution in [-0.2, 0) is 10.0 Å². The maximum absolute atomic E-state index is 12.7. The number of aromatic nitrogens is 2. The van der Waals surface area contributed by atoms with Crippen molar-refractivity contribution >= 4 is 38.3 Å². The number of rotatable bonds is 1. The minimum absolute atomic E-state index is 0.0533. The molecule has 0 unspecified atom stereocenters. The van der Waals surface area contributed by atoms with Crippen molar-refractivity contribution in [3.63, 3.8) is 0 Å². The predicted octanol–water partition coefficient (Wildman–Crippen LogP) is 1.23. The van der Waals surface area contributed by atoms with E-state index in [4.69, 9.17) is 16.7 Å². The molecule has 1 aliphatic rings. The molecule has 2 heterocycles. The van der Waals surface area contributed by atoms with Crippen molar-refractivity contribution in [3.8, 4) is 5.69 Å². The zero-order chi connectivity index (χ0) is 17.2. The number of fused-ring (bicyclic) bond motifs is 4. The van der Waals surface area contributed by atoms with Gasteiger partial charge < -0.3 is 0 Å². The molecule has 0 radical (unpaired) electrons. The van der Waals surface area contributed by atoms with E-state index in [1.807, 2.05) is 0 Å². The highest BCUT2D eigenvalue weighted by Gasteiger charge is 2.31. The molecule has 2 N–H and O–H groups in total. The first-order valence-electron chi connectivity index (χ1n) is 6.72. The van der Waals surface area contributed by atoms with E-state index in [1.54, 1.807) is 18.2 Å². The highest BCUT2D eigenvalue weighted by molar-refractivity contribution is 7.89. The molecule has 0 saturated carbocycles. The lowest BCUT2D eigenvalue weighted by Crippen LogP contribution is -2.21. The number of hydrogen-bond acceptors (Lipinski definition) is 5. The van der Waals surface area contributed by atoms with Gasteiger partial charge in [0.25, 0.3) is 5.56 Å². The van der Waals surface area contributed by atoms with Gasteiger partial charge in [-0.1, -0.05) is 17.7 Å². The molecular formula is C15H8ClN3O4S. The number of hydrogen-bond donors (Lipinski definition) is 1. The average molecular weight is 362 g/mol. The molecule has 0 spiro atoms. The third kappa shape index (κ3) is 1.94. The van der Waals surface area contributed by atoms with Gasteiger partial charge in [-0.2, -0.15) is 0 Å². The van der Waals surface area contributed by atoms with E-state index in [2.05, 4.69) is 4.98 Å². The van der Waals surface area contributed by atoms with Gasteiger partial charge in [0.05, 0.1) is 32.1 Å². The lowest BCUT2D eigenvalue weighted by atomic mass is 10.1. The minimum Gasteiger partial charge on any atom is -0.285 e. The molecule has 3 aromatic rings. The van der Waals surface area contributed by atoms with E-state index in [9.17, 15) is 18.0 Å². The van der Waals surface area contributed by atoms with E-state index in [-0.39, 0.29) is 37.9 Å². The second kappa shape index (κ2) is 4.73. The molecular weight excluding hydrogens is 354 g/mol. The molecule has 0 bridgehead atoms. The zero-order valence-electron chi connectivity index (χ0n) is 11.9. The van der Waals surface area contributed by atoms with E-state index in [0.717, 1.165) is 10.6 Å². The summed E-state index contributed by atoms with van der Waals surface area (Å²) in [5.41, 5.74) is 0.0931. The lowest BCUT2D eigenvalue weighted by molar-refractivity contribution is 0.103. The van der Waals surface area contributed by atoms with Crippen LogP contribution in [0.3, 0.4) is 0 Å². The van der Waals surface area contributed by atoms with Crippen LogP contribution in [0.15, 0.2) is 46.1 Å². The number of carbonyl (C=O) groups excluding carboxylic acids is 1. The summed E-state index contributed by atoms with van der Waals surface area (Å²) >= 11 is 6.06. The standard InChI is InChI=1S/C15H8ClN3O4S/c16-10-3-1-2-8-12(10)18-14-13(20)9-6-7(24(17,22)23)4-5-11(9)19(14)15(8)21/h1-6H,(H2,17,22,23). The van der Waals surface area contributed by atoms with Gasteiger partial charge >= 0.3 is 0 Å². The normalized spacial score (nSPS) is 13.2. The fourth-order valence-corrected chi connectivity index (χ4v) is 3.50. The third-order valence-corrected chi connectivity index (χ3v) is 5.05. The molecule has 9 heteroatoms. The molecule has 4 rings (SSSR count). The third-order valence-electron chi connectivity index (χ3n) is 3.83. The van der Waals surface area contributed by atoms with Crippen LogP contribution in [0.4, 0.5) is 0 Å². The molecule has 7 nitrogen and oxygen atoms in total. The van der Waals surface area contributed by atoms with E-state index < -0.39 is 21.4 Å². The Kier molecular flexibility index (Phi) is 2.96. The lowest BCUT2D eigenvalue weighted by Gasteiger charge is -2.06. The maximum Gasteiger partial charge on any atom is 0.266 e. The Balaban J connectivity index is 2.11. The molecule has 120 valence electrons. The highest BCUT2D eigenvalue weighted by atomic mass is 35.5. The Labute approximate surface area is 140 Å². The quantitative estimate of drug-likeness (QED) is 0.548. The van der Waals surface area contributed by atoms with Crippen LogP contribution in [0.1, 0.15) is 16.2 Å². The SMILES string of the molecule is NS(=O)(=O)c1ccc2c(c1)C(=O)c1nc3c(Cl)cccc3c(=O)n1-2. The number of nitrogens with zero attached hydrogens (tertiary/aromatic N) is 2. The van der Waals surface area contributed by atoms with Crippen molar-refractivity contribution < 1.29 is 13.2 Å². The van der Waals surface area contributed by atoms with Gasteiger partial charge in [-0.3, -0.25) is 14.2 Å². The first-order chi connectivity index (χ1) is 11.3. The van der Waals surface area contributed by atoms with Gasteiger partial charge in [-0.25, -0.2) is 18.5 Å². The summed E-state index contributed by atoms with van der Waals surface area (Å²) in [5, 5.41) is 5.61. The van der Waals surface area contributed by atoms with Crippen LogP contribution in [0.2, 0.25) is 5.02 Å². The number of halogens is 1. The van der Waals surface area contributed by atoms with E-state index in [1.165, 1.54) is 12.1 Å². The fraction of sp³-hybridized carbons (Fsp3) is 0. The molecule has 1 aromatic heterocycles. The number of nitrogens with two attached hydrogens (primary N) is 1. The van der Waals surface area contributed by atoms with E-state index >= 15 is 0 Å². The first kappa shape index (κ1) is 15.0. The molecule has 0 fully saturated rings. The van der Waals surface area contributed by atoms with Gasteiger partial charge in [0, 0.05) is 0 Å². The largest absolute Gasteiger partial charge is 0.285 e. The number of para-hydroxylation sites is 1. The average Bonchev–Trinajstić information content (AvgIpc) is 2.81. The number of sulfonamides is 1. The van der Waals surface area contributed by atoms with Gasteiger partial charge in [0.15, 0.2) is 5.82 Å². The second-order valence-electron chi connectivity index (χ2n) is 5.27. The molecule has 24 heavy (non-hydrogen) atoms. The Bertz CT molecular complexity index is 1230. The van der Waals surface area contributed by atoms with Crippen molar-refractivity contribution in [1.82, 2.24) is 9.55 Å². The Morgan fingerprint density at radius 2 is 1.88 bits per heavy atom. The van der Waals surface area contributed by atoms with Gasteiger partial charge in [-0.15, -0.1) is 0 Å². The summed E-state index contributed by atoms with van der Waals surface area (Å²) < 4.78 is 24.1. The minimum atomic E-state index is -3.97. The number of carbonyl (C=O) groups is 1. The summed E-state index contributed by atoms with van der Waals surface area (Å²) in [7, 11) is -3.97. The van der Waals surface area contributed by atoms with Crippen LogP contribution in [0, 0.1) is 0 Å². The summed E-state index contributed by atoms with van der Waals surface area (Å²) in [4.78, 5) is 29.3. The van der Waals surface area contributed by atoms with Crippen LogP contribution < -0.4 is 10.7 Å². The van der Waals surface area contributed by atoms with Gasteiger partial charge in [-0.05, 0) is 30.3 Å². The van der Waals surface area contributed by atoms with Crippen LogP contribution >= 0.6 is 11.6 Å². The monoisotopic (exact) mass is 361 g/mol. The van der Waals surface area contributed by atoms with Gasteiger partial charge in [0.2, 0.25) is 15.8 Å². The molecule has 0 saturated heterocycles. The summed E-state index contributed by atoms with van der Waals surface area (Å²) in [6.45, 7) is 0. The van der Waals surface area contributed by atoms with E-state index in [0.29, 0.717) is 0 Å². The fourth-order valence-electron chi connectivity index (χ4n) is 2.74. The summed E-state index contributed by atoms with van der Waals surface area (Å²) in [6.07, 6.45) is 0. The number of benzene rings is 2. The molecule has 0 aliphatic carbocycles. The van der Waals surface area contributed by atoms with Crippen molar-refractivity contribution in [3.05, 3.63) is 63.2 Å². The van der Waals surface area contributed by atoms with Crippen molar-refractivity contribution in [1.29, 1.82) is 0 Å². The summed E-state index contributed by atoms with van der Waals surface area (Å²) in [5.74, 6) is -0.670. The topological polar surface area (TPSA) is 112 Å². The highest BCUT2D eigenvalue weighted by Crippen LogP contribution is 2.29. The van der Waals surface area contributed by atoms with Crippen molar-refractivity contribution in [2.45, 2.75) is 4.90 Å². The van der Waals surface area contributed by atoms with Crippen LogP contribution in [0.25, 0.3) is 16.6 Å². The molecule has 2 aromatic carbocycles. The molecule has 0 atom stereocenters. The van der Waals surface area contributed by atoms with Gasteiger partial charge in [0.1, 0.15) is 0 Å². The predicted molar refractivity (Wildman–Crippen MR) is 87.2 cm³/mol. The van der Waals surface area contributed by atoms with Crippen LogP contribution in [-0.4, -0.2) is 23.8 Å². The second-order valence-corrected chi connectivity index (χ2v) is 7.23. The molecule has 1 aliphatic heterocycles. The number of primary sulfonamides is 1. The molecule has 0 amide bonds. The smallest absolute Gasteiger partial charge is 0.266 e. The Morgan fingerprint density at radius 1 is 1.12 bits per heavy atom. The maximum atomic E-state index is 12.7. The number of ketones is 1. The van der Waals surface area contributed by atoms with Crippen LogP contribution in [0.5, 0.6) is 0 Å². The Hall–Kier alpha value is -2.55. The van der Waals surface area contributed by atoms with Crippen molar-refractivity contribution in [2.75, 3.05) is 0 Å². The summed E-state index contributed by atoms with van der Waals surface area (Å²) in [6, 6.07) is 8.49. The zero-order valence-corrected chi connectivity index (χ0v) is 13.4. The Morgan fingerprint density at radius 3 is 2.58 bits per heavy atom.